The van der Waals surface area contributed by atoms with E-state index in [1.807, 2.05) is 0 Å². The number of carbonyl (C=O) groups excluding carboxylic acids is 4. The molecule has 4 rings (SSSR count). The third-order valence-electron chi connectivity index (χ3n) is 5.28. The number of amides is 2. The number of rotatable bonds is 4. The van der Waals surface area contributed by atoms with Gasteiger partial charge in [0, 0.05) is 18.9 Å². The van der Waals surface area contributed by atoms with Crippen molar-refractivity contribution < 1.29 is 28.7 Å². The minimum absolute atomic E-state index is 0.117. The molecule has 1 aliphatic carbocycles. The summed E-state index contributed by atoms with van der Waals surface area (Å²) < 4.78 is 10.5. The Balaban J connectivity index is 1.69. The lowest BCUT2D eigenvalue weighted by Crippen LogP contribution is -2.69. The van der Waals surface area contributed by atoms with E-state index in [0.29, 0.717) is 11.3 Å². The Morgan fingerprint density at radius 3 is 2.52 bits per heavy atom. The van der Waals surface area contributed by atoms with Gasteiger partial charge in [-0.05, 0) is 45.7 Å². The zero-order valence-corrected chi connectivity index (χ0v) is 16.8. The fraction of sp³-hybridized carbons (Fsp3) is 0.524. The molecule has 1 atom stereocenters. The number of hydrogen-bond acceptors (Lipinski definition) is 6. The normalized spacial score (nSPS) is 23.6. The Hall–Kier alpha value is -2.90. The molecule has 154 valence electrons. The molecule has 2 aliphatic heterocycles. The van der Waals surface area contributed by atoms with Gasteiger partial charge in [0.2, 0.25) is 11.6 Å². The van der Waals surface area contributed by atoms with Gasteiger partial charge in [-0.1, -0.05) is 12.1 Å². The van der Waals surface area contributed by atoms with Gasteiger partial charge in [-0.2, -0.15) is 0 Å². The average molecular weight is 400 g/mol. The van der Waals surface area contributed by atoms with Crippen molar-refractivity contribution in [3.63, 3.8) is 0 Å². The maximum absolute atomic E-state index is 13.3. The lowest BCUT2D eigenvalue weighted by molar-refractivity contribution is -0.172. The molecule has 3 aliphatic rings. The predicted molar refractivity (Wildman–Crippen MR) is 102 cm³/mol. The Morgan fingerprint density at radius 2 is 1.86 bits per heavy atom. The standard InChI is InChI=1S/C21H24N2O6/c1-20(2,3)29-17(25)12-28-19(27)21-11-10-16(24)23(21)15-7-5-4-6-14(15)18(26)22(21)13-8-9-13/h4-7,13H,8-12H2,1-3H3/t21-/m1/s1. The molecular formula is C21H24N2O6. The summed E-state index contributed by atoms with van der Waals surface area (Å²) in [5.74, 6) is -1.99. The van der Waals surface area contributed by atoms with E-state index in [0.717, 1.165) is 12.8 Å². The molecule has 8 heteroatoms. The number of ether oxygens (including phenoxy) is 2. The molecule has 1 aromatic carbocycles. The van der Waals surface area contributed by atoms with Gasteiger partial charge in [-0.3, -0.25) is 14.5 Å². The fourth-order valence-electron chi connectivity index (χ4n) is 4.12. The number of esters is 2. The molecule has 0 radical (unpaired) electrons. The largest absolute Gasteiger partial charge is 0.457 e. The SMILES string of the molecule is CC(C)(C)OC(=O)COC(=O)[C@@]12CCC(=O)N1c1ccccc1C(=O)N2C1CC1. The second-order valence-electron chi connectivity index (χ2n) is 8.63. The van der Waals surface area contributed by atoms with Crippen LogP contribution < -0.4 is 4.90 Å². The molecule has 2 amide bonds. The quantitative estimate of drug-likeness (QED) is 0.718. The van der Waals surface area contributed by atoms with Crippen LogP contribution in [0.2, 0.25) is 0 Å². The summed E-state index contributed by atoms with van der Waals surface area (Å²) in [6.45, 7) is 4.57. The Labute approximate surface area is 168 Å². The van der Waals surface area contributed by atoms with Gasteiger partial charge >= 0.3 is 11.9 Å². The van der Waals surface area contributed by atoms with Crippen LogP contribution in [0, 0.1) is 0 Å². The van der Waals surface area contributed by atoms with Crippen LogP contribution in [0.5, 0.6) is 0 Å². The highest BCUT2D eigenvalue weighted by molar-refractivity contribution is 6.15. The number of anilines is 1. The Kier molecular flexibility index (Phi) is 4.40. The summed E-state index contributed by atoms with van der Waals surface area (Å²) in [5, 5.41) is 0. The van der Waals surface area contributed by atoms with Crippen molar-refractivity contribution in [2.45, 2.75) is 63.8 Å². The lowest BCUT2D eigenvalue weighted by atomic mass is 9.96. The van der Waals surface area contributed by atoms with Gasteiger partial charge in [0.1, 0.15) is 5.60 Å². The highest BCUT2D eigenvalue weighted by Crippen LogP contribution is 2.49. The Bertz CT molecular complexity index is 901. The first-order chi connectivity index (χ1) is 13.6. The van der Waals surface area contributed by atoms with Crippen molar-refractivity contribution >= 4 is 29.4 Å². The topological polar surface area (TPSA) is 93.2 Å². The molecule has 0 N–H and O–H groups in total. The van der Waals surface area contributed by atoms with E-state index in [2.05, 4.69) is 0 Å². The minimum Gasteiger partial charge on any atom is -0.457 e. The van der Waals surface area contributed by atoms with Crippen molar-refractivity contribution in [3.8, 4) is 0 Å². The van der Waals surface area contributed by atoms with E-state index >= 15 is 0 Å². The van der Waals surface area contributed by atoms with Crippen LogP contribution >= 0.6 is 0 Å². The van der Waals surface area contributed by atoms with Crippen LogP contribution in [-0.2, 0) is 23.9 Å². The molecule has 29 heavy (non-hydrogen) atoms. The molecule has 0 unspecified atom stereocenters. The lowest BCUT2D eigenvalue weighted by Gasteiger charge is -2.48. The zero-order valence-electron chi connectivity index (χ0n) is 16.8. The van der Waals surface area contributed by atoms with Gasteiger partial charge < -0.3 is 14.4 Å². The van der Waals surface area contributed by atoms with E-state index in [1.54, 1.807) is 45.0 Å². The van der Waals surface area contributed by atoms with Crippen molar-refractivity contribution in [1.82, 2.24) is 4.90 Å². The first-order valence-corrected chi connectivity index (χ1v) is 9.80. The molecule has 2 fully saturated rings. The van der Waals surface area contributed by atoms with Crippen molar-refractivity contribution in [2.24, 2.45) is 0 Å². The van der Waals surface area contributed by atoms with E-state index in [4.69, 9.17) is 9.47 Å². The van der Waals surface area contributed by atoms with Gasteiger partial charge in [0.25, 0.3) is 5.91 Å². The van der Waals surface area contributed by atoms with Crippen LogP contribution in [0.4, 0.5) is 5.69 Å². The van der Waals surface area contributed by atoms with E-state index in [-0.39, 0.29) is 30.7 Å². The Morgan fingerprint density at radius 1 is 1.17 bits per heavy atom. The number of nitrogens with zero attached hydrogens (tertiary/aromatic N) is 2. The van der Waals surface area contributed by atoms with Crippen molar-refractivity contribution in [2.75, 3.05) is 11.5 Å². The van der Waals surface area contributed by atoms with Crippen molar-refractivity contribution in [1.29, 1.82) is 0 Å². The van der Waals surface area contributed by atoms with Crippen LogP contribution in [0.3, 0.4) is 0 Å². The highest BCUT2D eigenvalue weighted by Gasteiger charge is 2.64. The summed E-state index contributed by atoms with van der Waals surface area (Å²) in [6.07, 6.45) is 1.77. The van der Waals surface area contributed by atoms with E-state index in [9.17, 15) is 19.2 Å². The molecule has 0 bridgehead atoms. The number of fused-ring (bicyclic) bond motifs is 3. The van der Waals surface area contributed by atoms with E-state index < -0.39 is 29.8 Å². The van der Waals surface area contributed by atoms with Gasteiger partial charge in [-0.25, -0.2) is 9.59 Å². The first kappa shape index (κ1) is 19.4. The second kappa shape index (κ2) is 6.57. The average Bonchev–Trinajstić information content (AvgIpc) is 3.41. The predicted octanol–water partition coefficient (Wildman–Crippen LogP) is 2.01. The second-order valence-corrected chi connectivity index (χ2v) is 8.63. The number of carbonyl (C=O) groups is 4. The molecule has 2 heterocycles. The summed E-state index contributed by atoms with van der Waals surface area (Å²) >= 11 is 0. The molecular weight excluding hydrogens is 376 g/mol. The van der Waals surface area contributed by atoms with Crippen LogP contribution in [0.1, 0.15) is 56.8 Å². The summed E-state index contributed by atoms with van der Waals surface area (Å²) in [4.78, 5) is 54.3. The summed E-state index contributed by atoms with van der Waals surface area (Å²) in [6, 6.07) is 6.65. The molecule has 1 saturated heterocycles. The smallest absolute Gasteiger partial charge is 0.354 e. The van der Waals surface area contributed by atoms with Gasteiger partial charge in [-0.15, -0.1) is 0 Å². The highest BCUT2D eigenvalue weighted by atomic mass is 16.6. The van der Waals surface area contributed by atoms with E-state index in [1.165, 1.54) is 9.80 Å². The third-order valence-corrected chi connectivity index (χ3v) is 5.28. The van der Waals surface area contributed by atoms with Crippen LogP contribution in [-0.4, -0.2) is 52.6 Å². The molecule has 0 aromatic heterocycles. The third kappa shape index (κ3) is 3.16. The zero-order chi connectivity index (χ0) is 21.0. The molecule has 0 spiro atoms. The van der Waals surface area contributed by atoms with Gasteiger partial charge in [0.05, 0.1) is 11.3 Å². The van der Waals surface area contributed by atoms with Crippen molar-refractivity contribution in [3.05, 3.63) is 29.8 Å². The monoisotopic (exact) mass is 400 g/mol. The summed E-state index contributed by atoms with van der Waals surface area (Å²) in [5.41, 5.74) is -1.46. The minimum atomic E-state index is -1.55. The number of para-hydroxylation sites is 1. The molecule has 1 saturated carbocycles. The van der Waals surface area contributed by atoms with Crippen LogP contribution in [0.25, 0.3) is 0 Å². The fourth-order valence-corrected chi connectivity index (χ4v) is 4.12. The number of hydrogen-bond donors (Lipinski definition) is 0. The number of benzene rings is 1. The molecule has 1 aromatic rings. The molecule has 8 nitrogen and oxygen atoms in total. The maximum Gasteiger partial charge on any atom is 0.354 e. The maximum atomic E-state index is 13.3. The van der Waals surface area contributed by atoms with Crippen LogP contribution in [0.15, 0.2) is 24.3 Å². The summed E-state index contributed by atoms with van der Waals surface area (Å²) in [7, 11) is 0. The first-order valence-electron chi connectivity index (χ1n) is 9.80. The van der Waals surface area contributed by atoms with Gasteiger partial charge in [0.15, 0.2) is 6.61 Å².